The lowest BCUT2D eigenvalue weighted by atomic mass is 10.0. The van der Waals surface area contributed by atoms with Crippen LogP contribution in [0, 0.1) is 0 Å². The molecule has 1 fully saturated rings. The zero-order valence-corrected chi connectivity index (χ0v) is 13.6. The highest BCUT2D eigenvalue weighted by molar-refractivity contribution is 9.10. The molecule has 1 aromatic carbocycles. The van der Waals surface area contributed by atoms with Crippen molar-refractivity contribution in [2.45, 2.75) is 44.2 Å². The Morgan fingerprint density at radius 3 is 2.71 bits per heavy atom. The van der Waals surface area contributed by atoms with Gasteiger partial charge in [-0.15, -0.1) is 0 Å². The third-order valence-corrected chi connectivity index (χ3v) is 4.12. The fourth-order valence-corrected chi connectivity index (χ4v) is 3.04. The highest BCUT2D eigenvalue weighted by Crippen LogP contribution is 2.38. The first-order valence-corrected chi connectivity index (χ1v) is 7.82. The van der Waals surface area contributed by atoms with Crippen LogP contribution in [0.4, 0.5) is 0 Å². The topological polar surface area (TPSA) is 81.8 Å². The van der Waals surface area contributed by atoms with Crippen molar-refractivity contribution in [1.29, 1.82) is 0 Å². The highest BCUT2D eigenvalue weighted by atomic mass is 79.9. The van der Waals surface area contributed by atoms with E-state index in [1.807, 2.05) is 12.1 Å². The molecule has 1 atom stereocenters. The molecule has 1 unspecified atom stereocenters. The molecule has 0 heterocycles. The number of rotatable bonds is 6. The Balaban J connectivity index is 2.30. The zero-order valence-electron chi connectivity index (χ0n) is 12.0. The van der Waals surface area contributed by atoms with Gasteiger partial charge >= 0.3 is 5.97 Å². The van der Waals surface area contributed by atoms with E-state index < -0.39 is 12.0 Å². The van der Waals surface area contributed by atoms with E-state index in [0.717, 1.165) is 35.7 Å². The van der Waals surface area contributed by atoms with Gasteiger partial charge in [-0.3, -0.25) is 4.79 Å². The van der Waals surface area contributed by atoms with Crippen molar-refractivity contribution in [3.63, 3.8) is 0 Å². The Morgan fingerprint density at radius 2 is 2.14 bits per heavy atom. The summed E-state index contributed by atoms with van der Waals surface area (Å²) in [5.74, 6) is 0.189. The van der Waals surface area contributed by atoms with Crippen LogP contribution < -0.4 is 15.2 Å². The number of hydrogen-bond donors (Lipinski definition) is 2. The van der Waals surface area contributed by atoms with Crippen molar-refractivity contribution in [1.82, 2.24) is 0 Å². The number of benzene rings is 1. The molecule has 0 saturated heterocycles. The number of ether oxygens (including phenoxy) is 2. The molecule has 0 bridgehead atoms. The molecule has 6 heteroatoms. The van der Waals surface area contributed by atoms with E-state index in [1.165, 1.54) is 0 Å². The monoisotopic (exact) mass is 357 g/mol. The molecule has 0 radical (unpaired) electrons. The predicted molar refractivity (Wildman–Crippen MR) is 82.9 cm³/mol. The van der Waals surface area contributed by atoms with Crippen LogP contribution in [0.5, 0.6) is 11.5 Å². The van der Waals surface area contributed by atoms with Crippen LogP contribution in [0.15, 0.2) is 16.6 Å². The SMILES string of the molecule is COc1cc(Br)cc(CC(N)C(=O)O)c1OC1CCCC1. The minimum atomic E-state index is -1.03. The van der Waals surface area contributed by atoms with E-state index in [-0.39, 0.29) is 12.5 Å². The van der Waals surface area contributed by atoms with E-state index in [4.69, 9.17) is 20.3 Å². The lowest BCUT2D eigenvalue weighted by Crippen LogP contribution is -2.32. The average Bonchev–Trinajstić information content (AvgIpc) is 2.94. The van der Waals surface area contributed by atoms with Crippen LogP contribution in [0.2, 0.25) is 0 Å². The second-order valence-electron chi connectivity index (χ2n) is 5.27. The van der Waals surface area contributed by atoms with Gasteiger partial charge in [-0.25, -0.2) is 0 Å². The molecule has 0 aliphatic heterocycles. The number of aliphatic carboxylic acids is 1. The minimum Gasteiger partial charge on any atom is -0.493 e. The fraction of sp³-hybridized carbons (Fsp3) is 0.533. The Kier molecular flexibility index (Phi) is 5.47. The van der Waals surface area contributed by atoms with Gasteiger partial charge in [-0.1, -0.05) is 15.9 Å². The lowest BCUT2D eigenvalue weighted by Gasteiger charge is -2.20. The first kappa shape index (κ1) is 16.1. The Bertz CT molecular complexity index is 515. The van der Waals surface area contributed by atoms with Crippen LogP contribution in [0.25, 0.3) is 0 Å². The predicted octanol–water partition coefficient (Wildman–Crippen LogP) is 2.73. The van der Waals surface area contributed by atoms with Crippen molar-refractivity contribution in [2.75, 3.05) is 7.11 Å². The molecule has 1 aliphatic rings. The molecular formula is C15H20BrNO4. The van der Waals surface area contributed by atoms with E-state index in [9.17, 15) is 4.79 Å². The number of methoxy groups -OCH3 is 1. The van der Waals surface area contributed by atoms with Crippen LogP contribution >= 0.6 is 15.9 Å². The number of carboxylic acid groups (broad SMARTS) is 1. The Hall–Kier alpha value is -1.27. The third kappa shape index (κ3) is 4.11. The number of hydrogen-bond acceptors (Lipinski definition) is 4. The van der Waals surface area contributed by atoms with Gasteiger partial charge in [0.1, 0.15) is 6.04 Å². The normalized spacial score (nSPS) is 16.7. The average molecular weight is 358 g/mol. The van der Waals surface area contributed by atoms with Crippen LogP contribution in [0.1, 0.15) is 31.2 Å². The number of halogens is 1. The molecule has 1 aromatic rings. The molecular weight excluding hydrogens is 338 g/mol. The maximum absolute atomic E-state index is 11.0. The molecule has 116 valence electrons. The van der Waals surface area contributed by atoms with Gasteiger partial charge in [0.2, 0.25) is 0 Å². The largest absolute Gasteiger partial charge is 0.493 e. The van der Waals surface area contributed by atoms with E-state index in [2.05, 4.69) is 15.9 Å². The number of carbonyl (C=O) groups is 1. The molecule has 1 saturated carbocycles. The second-order valence-corrected chi connectivity index (χ2v) is 6.19. The maximum atomic E-state index is 11.0. The first-order valence-electron chi connectivity index (χ1n) is 7.02. The second kappa shape index (κ2) is 7.13. The van der Waals surface area contributed by atoms with Gasteiger partial charge in [0.15, 0.2) is 11.5 Å². The molecule has 0 aromatic heterocycles. The van der Waals surface area contributed by atoms with E-state index in [0.29, 0.717) is 11.5 Å². The number of carboxylic acids is 1. The third-order valence-electron chi connectivity index (χ3n) is 3.66. The summed E-state index contributed by atoms with van der Waals surface area (Å²) in [5, 5.41) is 9.01. The van der Waals surface area contributed by atoms with Gasteiger partial charge in [-0.05, 0) is 37.8 Å². The maximum Gasteiger partial charge on any atom is 0.320 e. The van der Waals surface area contributed by atoms with Crippen molar-refractivity contribution in [3.05, 3.63) is 22.2 Å². The van der Waals surface area contributed by atoms with Gasteiger partial charge in [-0.2, -0.15) is 0 Å². The lowest BCUT2D eigenvalue weighted by molar-refractivity contribution is -0.138. The molecule has 3 N–H and O–H groups in total. The smallest absolute Gasteiger partial charge is 0.320 e. The Labute approximate surface area is 132 Å². The van der Waals surface area contributed by atoms with Gasteiger partial charge in [0.25, 0.3) is 0 Å². The summed E-state index contributed by atoms with van der Waals surface area (Å²) in [6.07, 6.45) is 4.72. The van der Waals surface area contributed by atoms with Gasteiger partial charge < -0.3 is 20.3 Å². The van der Waals surface area contributed by atoms with Crippen molar-refractivity contribution in [2.24, 2.45) is 5.73 Å². The summed E-state index contributed by atoms with van der Waals surface area (Å²) in [5.41, 5.74) is 6.41. The van der Waals surface area contributed by atoms with Crippen LogP contribution in [-0.4, -0.2) is 30.3 Å². The quantitative estimate of drug-likeness (QED) is 0.817. The van der Waals surface area contributed by atoms with Crippen LogP contribution in [-0.2, 0) is 11.2 Å². The molecule has 1 aliphatic carbocycles. The number of nitrogens with two attached hydrogens (primary N) is 1. The molecule has 0 amide bonds. The molecule has 5 nitrogen and oxygen atoms in total. The summed E-state index contributed by atoms with van der Waals surface area (Å²) in [6, 6.07) is 2.70. The van der Waals surface area contributed by atoms with Crippen molar-refractivity contribution in [3.8, 4) is 11.5 Å². The summed E-state index contributed by atoms with van der Waals surface area (Å²) < 4.78 is 12.3. The minimum absolute atomic E-state index is 0.167. The Morgan fingerprint density at radius 1 is 1.48 bits per heavy atom. The summed E-state index contributed by atoms with van der Waals surface area (Å²) in [6.45, 7) is 0. The fourth-order valence-electron chi connectivity index (χ4n) is 2.56. The van der Waals surface area contributed by atoms with Gasteiger partial charge in [0, 0.05) is 16.5 Å². The van der Waals surface area contributed by atoms with E-state index >= 15 is 0 Å². The van der Waals surface area contributed by atoms with Crippen molar-refractivity contribution < 1.29 is 19.4 Å². The van der Waals surface area contributed by atoms with Crippen molar-refractivity contribution >= 4 is 21.9 Å². The molecule has 0 spiro atoms. The summed E-state index contributed by atoms with van der Waals surface area (Å²) in [7, 11) is 1.57. The first-order chi connectivity index (χ1) is 10.0. The summed E-state index contributed by atoms with van der Waals surface area (Å²) >= 11 is 3.40. The van der Waals surface area contributed by atoms with E-state index in [1.54, 1.807) is 7.11 Å². The standard InChI is InChI=1S/C15H20BrNO4/c1-20-13-8-10(16)6-9(7-12(17)15(18)19)14(13)21-11-4-2-3-5-11/h6,8,11-12H,2-5,7,17H2,1H3,(H,18,19). The van der Waals surface area contributed by atoms with Gasteiger partial charge in [0.05, 0.1) is 13.2 Å². The molecule has 2 rings (SSSR count). The highest BCUT2D eigenvalue weighted by Gasteiger charge is 2.23. The zero-order chi connectivity index (χ0) is 15.4. The molecule has 21 heavy (non-hydrogen) atoms. The summed E-state index contributed by atoms with van der Waals surface area (Å²) in [4.78, 5) is 11.0. The van der Waals surface area contributed by atoms with Crippen LogP contribution in [0.3, 0.4) is 0 Å².